The lowest BCUT2D eigenvalue weighted by molar-refractivity contribution is 0.129. The molecule has 1 unspecified atom stereocenters. The van der Waals surface area contributed by atoms with E-state index in [1.165, 1.54) is 18.4 Å². The topological polar surface area (TPSA) is 45.7 Å². The van der Waals surface area contributed by atoms with Gasteiger partial charge in [-0.3, -0.25) is 4.99 Å². The van der Waals surface area contributed by atoms with Gasteiger partial charge >= 0.3 is 0 Å². The lowest BCUT2D eigenvalue weighted by Crippen LogP contribution is -2.39. The maximum Gasteiger partial charge on any atom is 0.191 e. The molecule has 1 fully saturated rings. The van der Waals surface area contributed by atoms with Crippen LogP contribution in [-0.2, 0) is 4.74 Å². The van der Waals surface area contributed by atoms with E-state index in [9.17, 15) is 0 Å². The van der Waals surface area contributed by atoms with Crippen LogP contribution in [0.15, 0.2) is 35.3 Å². The molecule has 0 amide bonds. The molecule has 0 heterocycles. The van der Waals surface area contributed by atoms with Gasteiger partial charge < -0.3 is 15.4 Å². The van der Waals surface area contributed by atoms with Gasteiger partial charge in [0.2, 0.25) is 0 Å². The third-order valence-electron chi connectivity index (χ3n) is 4.51. The van der Waals surface area contributed by atoms with Crippen molar-refractivity contribution in [3.05, 3.63) is 35.9 Å². The normalized spacial score (nSPS) is 17.6. The summed E-state index contributed by atoms with van der Waals surface area (Å²) < 4.78 is 5.51. The van der Waals surface area contributed by atoms with Gasteiger partial charge in [-0.15, -0.1) is 0 Å². The quantitative estimate of drug-likeness (QED) is 0.416. The first-order valence-electron chi connectivity index (χ1n) is 8.86. The number of aliphatic imine (C=N–C) groups is 1. The molecule has 0 aliphatic heterocycles. The fraction of sp³-hybridized carbons (Fsp3) is 0.632. The van der Waals surface area contributed by atoms with Gasteiger partial charge in [0.1, 0.15) is 0 Å². The summed E-state index contributed by atoms with van der Waals surface area (Å²) in [5.74, 6) is 0.909. The molecule has 0 spiro atoms. The van der Waals surface area contributed by atoms with E-state index < -0.39 is 0 Å². The Kier molecular flexibility index (Phi) is 6.90. The molecule has 4 heteroatoms. The van der Waals surface area contributed by atoms with E-state index in [0.29, 0.717) is 5.41 Å². The first kappa shape index (κ1) is 17.8. The van der Waals surface area contributed by atoms with E-state index in [4.69, 9.17) is 9.73 Å². The Morgan fingerprint density at radius 3 is 2.61 bits per heavy atom. The van der Waals surface area contributed by atoms with Crippen LogP contribution in [0, 0.1) is 5.41 Å². The molecule has 1 aromatic rings. The fourth-order valence-corrected chi connectivity index (χ4v) is 2.69. The summed E-state index contributed by atoms with van der Waals surface area (Å²) >= 11 is 0. The van der Waals surface area contributed by atoms with Crippen LogP contribution in [0.2, 0.25) is 0 Å². The van der Waals surface area contributed by atoms with Crippen molar-refractivity contribution in [2.45, 2.75) is 46.1 Å². The minimum absolute atomic E-state index is 0.243. The van der Waals surface area contributed by atoms with Crippen LogP contribution in [0.1, 0.15) is 51.6 Å². The highest BCUT2D eigenvalue weighted by Crippen LogP contribution is 2.49. The minimum atomic E-state index is 0.243. The Bertz CT molecular complexity index is 483. The van der Waals surface area contributed by atoms with Crippen LogP contribution in [0.4, 0.5) is 0 Å². The summed E-state index contributed by atoms with van der Waals surface area (Å²) in [6.45, 7) is 9.75. The molecule has 2 N–H and O–H groups in total. The van der Waals surface area contributed by atoms with Crippen molar-refractivity contribution in [2.75, 3.05) is 26.3 Å². The SMILES string of the molecule is CCNC(=NCC1(CCOCC)CC1)NC(C)c1ccccc1. The van der Waals surface area contributed by atoms with E-state index in [0.717, 1.165) is 38.7 Å². The van der Waals surface area contributed by atoms with Gasteiger partial charge in [-0.25, -0.2) is 0 Å². The number of nitrogens with one attached hydrogen (secondary N) is 2. The molecular weight excluding hydrogens is 286 g/mol. The van der Waals surface area contributed by atoms with Gasteiger partial charge in [0.05, 0.1) is 6.04 Å². The van der Waals surface area contributed by atoms with Crippen molar-refractivity contribution in [3.63, 3.8) is 0 Å². The number of hydrogen-bond donors (Lipinski definition) is 2. The van der Waals surface area contributed by atoms with Crippen molar-refractivity contribution >= 4 is 5.96 Å². The lowest BCUT2D eigenvalue weighted by Gasteiger charge is -2.19. The van der Waals surface area contributed by atoms with Crippen LogP contribution in [0.3, 0.4) is 0 Å². The summed E-state index contributed by atoms with van der Waals surface area (Å²) in [5, 5.41) is 6.87. The third-order valence-corrected chi connectivity index (χ3v) is 4.51. The number of ether oxygens (including phenoxy) is 1. The predicted molar refractivity (Wildman–Crippen MR) is 96.7 cm³/mol. The van der Waals surface area contributed by atoms with E-state index in [-0.39, 0.29) is 6.04 Å². The zero-order valence-corrected chi connectivity index (χ0v) is 14.8. The monoisotopic (exact) mass is 317 g/mol. The second kappa shape index (κ2) is 8.92. The van der Waals surface area contributed by atoms with E-state index in [1.54, 1.807) is 0 Å². The average molecular weight is 317 g/mol. The Morgan fingerprint density at radius 1 is 1.26 bits per heavy atom. The Hall–Kier alpha value is -1.55. The predicted octanol–water partition coefficient (Wildman–Crippen LogP) is 3.51. The zero-order valence-electron chi connectivity index (χ0n) is 14.8. The van der Waals surface area contributed by atoms with Gasteiger partial charge in [-0.2, -0.15) is 0 Å². The molecule has 1 atom stereocenters. The van der Waals surface area contributed by atoms with Crippen molar-refractivity contribution in [2.24, 2.45) is 10.4 Å². The molecule has 23 heavy (non-hydrogen) atoms. The van der Waals surface area contributed by atoms with Gasteiger partial charge in [0.15, 0.2) is 5.96 Å². The number of guanidine groups is 1. The van der Waals surface area contributed by atoms with Gasteiger partial charge in [0, 0.05) is 26.3 Å². The van der Waals surface area contributed by atoms with E-state index in [1.807, 2.05) is 6.07 Å². The molecule has 0 radical (unpaired) electrons. The van der Waals surface area contributed by atoms with Crippen molar-refractivity contribution in [1.82, 2.24) is 10.6 Å². The highest BCUT2D eigenvalue weighted by atomic mass is 16.5. The number of benzene rings is 1. The highest BCUT2D eigenvalue weighted by Gasteiger charge is 2.41. The Morgan fingerprint density at radius 2 is 2.00 bits per heavy atom. The number of nitrogens with zero attached hydrogens (tertiary/aromatic N) is 1. The first-order chi connectivity index (χ1) is 11.2. The molecule has 4 nitrogen and oxygen atoms in total. The molecule has 1 saturated carbocycles. The molecule has 128 valence electrons. The summed E-state index contributed by atoms with van der Waals surface area (Å²) in [7, 11) is 0. The summed E-state index contributed by atoms with van der Waals surface area (Å²) in [6, 6.07) is 10.7. The number of hydrogen-bond acceptors (Lipinski definition) is 2. The van der Waals surface area contributed by atoms with Gasteiger partial charge in [0.25, 0.3) is 0 Å². The van der Waals surface area contributed by atoms with Gasteiger partial charge in [-0.1, -0.05) is 30.3 Å². The van der Waals surface area contributed by atoms with Crippen LogP contribution >= 0.6 is 0 Å². The fourth-order valence-electron chi connectivity index (χ4n) is 2.69. The van der Waals surface area contributed by atoms with Crippen LogP contribution in [0.5, 0.6) is 0 Å². The third kappa shape index (κ3) is 5.87. The van der Waals surface area contributed by atoms with Crippen molar-refractivity contribution < 1.29 is 4.74 Å². The molecule has 0 saturated heterocycles. The second-order valence-electron chi connectivity index (χ2n) is 6.42. The largest absolute Gasteiger partial charge is 0.382 e. The van der Waals surface area contributed by atoms with Crippen LogP contribution in [-0.4, -0.2) is 32.3 Å². The molecule has 2 rings (SSSR count). The molecule has 1 aliphatic rings. The minimum Gasteiger partial charge on any atom is -0.382 e. The zero-order chi connectivity index (χ0) is 16.5. The van der Waals surface area contributed by atoms with Crippen molar-refractivity contribution in [3.8, 4) is 0 Å². The molecular formula is C19H31N3O. The molecule has 0 aromatic heterocycles. The smallest absolute Gasteiger partial charge is 0.191 e. The van der Waals surface area contributed by atoms with E-state index >= 15 is 0 Å². The van der Waals surface area contributed by atoms with Crippen LogP contribution < -0.4 is 10.6 Å². The average Bonchev–Trinajstić information content (AvgIpc) is 3.34. The molecule has 1 aliphatic carbocycles. The molecule has 1 aromatic carbocycles. The molecule has 0 bridgehead atoms. The van der Waals surface area contributed by atoms with Crippen molar-refractivity contribution in [1.29, 1.82) is 0 Å². The standard InChI is InChI=1S/C19H31N3O/c1-4-20-18(22-16(3)17-9-7-6-8-10-17)21-15-19(11-12-19)13-14-23-5-2/h6-10,16H,4-5,11-15H2,1-3H3,(H2,20,21,22). The summed E-state index contributed by atoms with van der Waals surface area (Å²) in [6.07, 6.45) is 3.67. The van der Waals surface area contributed by atoms with Crippen LogP contribution in [0.25, 0.3) is 0 Å². The highest BCUT2D eigenvalue weighted by molar-refractivity contribution is 5.80. The van der Waals surface area contributed by atoms with Gasteiger partial charge in [-0.05, 0) is 51.0 Å². The first-order valence-corrected chi connectivity index (χ1v) is 8.86. The Balaban J connectivity index is 1.90. The second-order valence-corrected chi connectivity index (χ2v) is 6.42. The maximum atomic E-state index is 5.51. The van der Waals surface area contributed by atoms with E-state index in [2.05, 4.69) is 55.7 Å². The Labute approximate surface area is 140 Å². The lowest BCUT2D eigenvalue weighted by atomic mass is 10.0. The summed E-state index contributed by atoms with van der Waals surface area (Å²) in [5.41, 5.74) is 1.66. The summed E-state index contributed by atoms with van der Waals surface area (Å²) in [4.78, 5) is 4.83. The maximum absolute atomic E-state index is 5.51. The number of rotatable bonds is 9.